The molecule has 5 unspecified atom stereocenters. The number of aliphatic hydroxyl groups excluding tert-OH is 5. The number of unbranched alkanes of at least 4 members (excludes halogenated alkanes) is 2. The number of phenolic OH excluding ortho intramolecular Hbond substituents is 1. The number of halogens is 1. The molecule has 11 heteroatoms. The van der Waals surface area contributed by atoms with Crippen LogP contribution in [0.4, 0.5) is 5.69 Å². The third kappa shape index (κ3) is 9.33. The second-order valence-corrected chi connectivity index (χ2v) is 7.28. The van der Waals surface area contributed by atoms with E-state index in [1.165, 1.54) is 6.07 Å². The van der Waals surface area contributed by atoms with Gasteiger partial charge in [0.15, 0.2) is 5.78 Å². The highest BCUT2D eigenvalue weighted by Gasteiger charge is 2.35. The fraction of sp³-hybridized carbons (Fsp3) is 0.632. The third-order valence-electron chi connectivity index (χ3n) is 4.40. The number of carbonyl (C=O) groups is 1. The predicted octanol–water partition coefficient (Wildman–Crippen LogP) is 1.16. The van der Waals surface area contributed by atoms with Crippen LogP contribution in [0, 0.1) is 16.0 Å². The highest BCUT2D eigenvalue weighted by molar-refractivity contribution is 6.32. The Bertz CT molecular complexity index is 673. The number of aromatic hydroxyl groups is 1. The summed E-state index contributed by atoms with van der Waals surface area (Å²) in [6.45, 7) is 2.94. The van der Waals surface area contributed by atoms with Gasteiger partial charge < -0.3 is 30.6 Å². The van der Waals surface area contributed by atoms with Crippen molar-refractivity contribution in [3.05, 3.63) is 33.3 Å². The first-order valence-electron chi connectivity index (χ1n) is 9.47. The first kappa shape index (κ1) is 28.2. The Labute approximate surface area is 179 Å². The summed E-state index contributed by atoms with van der Waals surface area (Å²) in [4.78, 5) is 21.4. The molecular formula is C19H30ClNO9. The maximum atomic E-state index is 11.8. The second-order valence-electron chi connectivity index (χ2n) is 6.87. The third-order valence-corrected chi connectivity index (χ3v) is 4.70. The molecule has 0 saturated heterocycles. The van der Waals surface area contributed by atoms with Crippen molar-refractivity contribution < 1.29 is 40.4 Å². The standard InChI is InChI=1S/C13H26O6.C6H4ClNO3/c1-3-4-5-6-8(2)10(16)12(18)13(19)11(17)9(15)7-14;7-5-3-4(9)1-2-6(5)8(10)11/h8-9,11-15,17-19H,3-7H2,1-2H3;1-3,9H. The van der Waals surface area contributed by atoms with Gasteiger partial charge in [0.05, 0.1) is 11.5 Å². The molecule has 10 nitrogen and oxygen atoms in total. The number of hydrogen-bond acceptors (Lipinski definition) is 9. The number of nitrogens with zero attached hydrogens (tertiary/aromatic N) is 1. The van der Waals surface area contributed by atoms with E-state index >= 15 is 0 Å². The molecule has 0 radical (unpaired) electrons. The lowest BCUT2D eigenvalue weighted by atomic mass is 9.91. The van der Waals surface area contributed by atoms with E-state index in [0.717, 1.165) is 31.4 Å². The van der Waals surface area contributed by atoms with Gasteiger partial charge in [0.1, 0.15) is 35.2 Å². The predicted molar refractivity (Wildman–Crippen MR) is 109 cm³/mol. The summed E-state index contributed by atoms with van der Waals surface area (Å²) >= 11 is 5.42. The van der Waals surface area contributed by atoms with Crippen LogP contribution in [-0.4, -0.2) is 72.4 Å². The van der Waals surface area contributed by atoms with Crippen molar-refractivity contribution in [2.24, 2.45) is 5.92 Å². The number of phenols is 1. The van der Waals surface area contributed by atoms with Crippen LogP contribution in [0.15, 0.2) is 18.2 Å². The van der Waals surface area contributed by atoms with E-state index in [-0.39, 0.29) is 16.5 Å². The average molecular weight is 452 g/mol. The summed E-state index contributed by atoms with van der Waals surface area (Å²) in [7, 11) is 0. The Morgan fingerprint density at radius 3 is 2.23 bits per heavy atom. The average Bonchev–Trinajstić information content (AvgIpc) is 2.71. The van der Waals surface area contributed by atoms with Gasteiger partial charge in [-0.25, -0.2) is 0 Å². The molecule has 0 spiro atoms. The normalized spacial score (nSPS) is 15.9. The van der Waals surface area contributed by atoms with Crippen LogP contribution >= 0.6 is 11.6 Å². The van der Waals surface area contributed by atoms with Gasteiger partial charge in [-0.2, -0.15) is 0 Å². The topological polar surface area (TPSA) is 182 Å². The monoisotopic (exact) mass is 451 g/mol. The fourth-order valence-electron chi connectivity index (χ4n) is 2.47. The van der Waals surface area contributed by atoms with E-state index in [1.54, 1.807) is 6.92 Å². The van der Waals surface area contributed by atoms with E-state index in [1.807, 2.05) is 6.92 Å². The van der Waals surface area contributed by atoms with Crippen molar-refractivity contribution >= 4 is 23.1 Å². The van der Waals surface area contributed by atoms with Gasteiger partial charge in [0.25, 0.3) is 5.69 Å². The van der Waals surface area contributed by atoms with Crippen molar-refractivity contribution in [2.45, 2.75) is 63.9 Å². The van der Waals surface area contributed by atoms with Crippen molar-refractivity contribution in [3.8, 4) is 5.75 Å². The molecule has 0 saturated carbocycles. The first-order valence-corrected chi connectivity index (χ1v) is 9.85. The van der Waals surface area contributed by atoms with Gasteiger partial charge in [-0.05, 0) is 12.5 Å². The quantitative estimate of drug-likeness (QED) is 0.163. The number of carbonyl (C=O) groups excluding carboxylic acids is 1. The Hall–Kier alpha value is -1.82. The van der Waals surface area contributed by atoms with Crippen molar-refractivity contribution in [2.75, 3.05) is 6.61 Å². The number of Topliss-reactive ketones (excluding diaryl/α,β-unsaturated/α-hetero) is 1. The molecule has 0 aliphatic heterocycles. The molecule has 6 N–H and O–H groups in total. The molecule has 0 aromatic heterocycles. The molecule has 1 rings (SSSR count). The maximum Gasteiger partial charge on any atom is 0.288 e. The van der Waals surface area contributed by atoms with Gasteiger partial charge in [-0.3, -0.25) is 14.9 Å². The second kappa shape index (κ2) is 14.2. The molecule has 30 heavy (non-hydrogen) atoms. The van der Waals surface area contributed by atoms with Gasteiger partial charge in [0.2, 0.25) is 0 Å². The van der Waals surface area contributed by atoms with Gasteiger partial charge >= 0.3 is 0 Å². The molecule has 0 bridgehead atoms. The van der Waals surface area contributed by atoms with Crippen LogP contribution in [0.5, 0.6) is 5.75 Å². The minimum atomic E-state index is -1.80. The molecule has 0 aliphatic rings. The van der Waals surface area contributed by atoms with Crippen LogP contribution in [0.25, 0.3) is 0 Å². The van der Waals surface area contributed by atoms with E-state index < -0.39 is 47.6 Å². The summed E-state index contributed by atoms with van der Waals surface area (Å²) < 4.78 is 0. The molecule has 1 aromatic rings. The Kier molecular flexibility index (Phi) is 13.4. The van der Waals surface area contributed by atoms with Gasteiger partial charge in [0, 0.05) is 18.1 Å². The van der Waals surface area contributed by atoms with Crippen molar-refractivity contribution in [1.29, 1.82) is 0 Å². The molecule has 0 amide bonds. The Balaban J connectivity index is 0.000000642. The SMILES string of the molecule is CCCCCC(C)C(=O)C(O)C(O)C(O)C(O)CO.O=[N+]([O-])c1ccc(O)cc1Cl. The molecule has 172 valence electrons. The number of hydrogen-bond donors (Lipinski definition) is 6. The van der Waals surface area contributed by atoms with Crippen LogP contribution in [0.1, 0.15) is 39.5 Å². The van der Waals surface area contributed by atoms with E-state index in [4.69, 9.17) is 26.9 Å². The number of ketones is 1. The highest BCUT2D eigenvalue weighted by Crippen LogP contribution is 2.27. The van der Waals surface area contributed by atoms with Crippen molar-refractivity contribution in [1.82, 2.24) is 0 Å². The number of nitro benzene ring substituents is 1. The molecule has 5 atom stereocenters. The molecule has 0 fully saturated rings. The van der Waals surface area contributed by atoms with E-state index in [9.17, 15) is 30.2 Å². The van der Waals surface area contributed by atoms with Gasteiger partial charge in [-0.1, -0.05) is 44.7 Å². The Morgan fingerprint density at radius 1 is 1.17 bits per heavy atom. The highest BCUT2D eigenvalue weighted by atomic mass is 35.5. The first-order chi connectivity index (χ1) is 14.0. The number of nitro groups is 1. The molecule has 1 aromatic carbocycles. The van der Waals surface area contributed by atoms with Crippen LogP contribution in [0.3, 0.4) is 0 Å². The number of rotatable bonds is 11. The minimum absolute atomic E-state index is 0.0602. The largest absolute Gasteiger partial charge is 0.508 e. The molecular weight excluding hydrogens is 422 g/mol. The zero-order valence-electron chi connectivity index (χ0n) is 16.9. The lowest BCUT2D eigenvalue weighted by Gasteiger charge is -2.26. The Morgan fingerprint density at radius 2 is 1.77 bits per heavy atom. The summed E-state index contributed by atoms with van der Waals surface area (Å²) in [6.07, 6.45) is -3.44. The van der Waals surface area contributed by atoms with Crippen LogP contribution < -0.4 is 0 Å². The fourth-order valence-corrected chi connectivity index (χ4v) is 2.71. The zero-order chi connectivity index (χ0) is 23.4. The number of benzene rings is 1. The summed E-state index contributed by atoms with van der Waals surface area (Å²) in [5, 5.41) is 65.4. The van der Waals surface area contributed by atoms with E-state index in [2.05, 4.69) is 0 Å². The maximum absolute atomic E-state index is 11.8. The lowest BCUT2D eigenvalue weighted by Crippen LogP contribution is -2.49. The molecule has 0 heterocycles. The summed E-state index contributed by atoms with van der Waals surface area (Å²) in [5.41, 5.74) is -0.204. The minimum Gasteiger partial charge on any atom is -0.508 e. The molecule has 0 aliphatic carbocycles. The van der Waals surface area contributed by atoms with E-state index in [0.29, 0.717) is 6.42 Å². The summed E-state index contributed by atoms with van der Waals surface area (Å²) in [5.74, 6) is -1.07. The number of aliphatic hydroxyl groups is 5. The summed E-state index contributed by atoms with van der Waals surface area (Å²) in [6, 6.07) is 3.49. The van der Waals surface area contributed by atoms with Crippen LogP contribution in [-0.2, 0) is 4.79 Å². The van der Waals surface area contributed by atoms with Gasteiger partial charge in [-0.15, -0.1) is 0 Å². The zero-order valence-corrected chi connectivity index (χ0v) is 17.6. The lowest BCUT2D eigenvalue weighted by molar-refractivity contribution is -0.384. The van der Waals surface area contributed by atoms with Crippen molar-refractivity contribution in [3.63, 3.8) is 0 Å². The smallest absolute Gasteiger partial charge is 0.288 e. The van der Waals surface area contributed by atoms with Crippen LogP contribution in [0.2, 0.25) is 5.02 Å².